The van der Waals surface area contributed by atoms with Gasteiger partial charge in [-0.2, -0.15) is 13.2 Å². The molecule has 0 bridgehead atoms. The summed E-state index contributed by atoms with van der Waals surface area (Å²) in [4.78, 5) is 28.6. The quantitative estimate of drug-likeness (QED) is 0.125. The average molecular weight is 634 g/mol. The van der Waals surface area contributed by atoms with Crippen LogP contribution in [0.2, 0.25) is 0 Å². The van der Waals surface area contributed by atoms with Crippen molar-refractivity contribution in [2.24, 2.45) is 7.05 Å². The van der Waals surface area contributed by atoms with Crippen molar-refractivity contribution in [3.8, 4) is 0 Å². The second-order valence-corrected chi connectivity index (χ2v) is 11.3. The van der Waals surface area contributed by atoms with Crippen molar-refractivity contribution in [2.75, 3.05) is 35.8 Å². The Balaban J connectivity index is 1.19. The molecule has 3 heterocycles. The third kappa shape index (κ3) is 5.51. The average Bonchev–Trinajstić information content (AvgIpc) is 3.60. The van der Waals surface area contributed by atoms with Crippen LogP contribution in [0.25, 0.3) is 22.1 Å². The van der Waals surface area contributed by atoms with E-state index in [4.69, 9.17) is 0 Å². The highest BCUT2D eigenvalue weighted by Crippen LogP contribution is 2.35. The Morgan fingerprint density at radius 2 is 1.73 bits per heavy atom. The van der Waals surface area contributed by atoms with Gasteiger partial charge >= 0.3 is 5.51 Å². The van der Waals surface area contributed by atoms with Gasteiger partial charge in [0.1, 0.15) is 22.7 Å². The molecule has 0 spiro atoms. The van der Waals surface area contributed by atoms with Gasteiger partial charge in [-0.25, -0.2) is 23.1 Å². The minimum atomic E-state index is -4.43. The maximum atomic E-state index is 14.3. The van der Waals surface area contributed by atoms with Crippen LogP contribution in [0.15, 0.2) is 48.5 Å². The first-order valence-electron chi connectivity index (χ1n) is 13.5. The van der Waals surface area contributed by atoms with Crippen LogP contribution in [0.4, 0.5) is 37.7 Å². The Morgan fingerprint density at radius 1 is 1.00 bits per heavy atom. The number of benzene rings is 3. The molecular weight excluding hydrogens is 608 g/mol. The largest absolute Gasteiger partial charge is 0.461 e. The summed E-state index contributed by atoms with van der Waals surface area (Å²) in [7, 11) is 1.75. The summed E-state index contributed by atoms with van der Waals surface area (Å²) < 4.78 is 84.5. The molecule has 0 radical (unpaired) electrons. The van der Waals surface area contributed by atoms with E-state index >= 15 is 0 Å². The number of anilines is 2. The number of rotatable bonds is 6. The number of nitrogens with zero attached hydrogens (tertiary/aromatic N) is 5. The number of amides is 1. The minimum absolute atomic E-state index is 0.199. The van der Waals surface area contributed by atoms with Crippen molar-refractivity contribution < 1.29 is 31.1 Å². The fourth-order valence-electron chi connectivity index (χ4n) is 5.42. The van der Waals surface area contributed by atoms with Crippen LogP contribution in [0, 0.1) is 17.5 Å². The molecule has 6 rings (SSSR count). The lowest BCUT2D eigenvalue weighted by molar-refractivity contribution is -0.0323. The SMILES string of the molecule is CC(c1nc2c(F)cc(F)c(F)c2[nH]1)c1nc2ccc(C(=O)N3CCN(c4ccccc4NSC(F)(F)F)CC3)cc2n1C. The van der Waals surface area contributed by atoms with Crippen molar-refractivity contribution in [1.29, 1.82) is 0 Å². The van der Waals surface area contributed by atoms with Crippen LogP contribution in [0.1, 0.15) is 34.8 Å². The number of halogens is 6. The standard InChI is InChI=1S/C29H25F6N7OS/c1-15(26-37-24-18(31)14-17(30)23(32)25(24)38-26)27-36-19-8-7-16(13-22(19)40(27)2)28(43)42-11-9-41(10-12-42)21-6-4-3-5-20(21)39-44-29(33,34)35/h3-8,13-15,39H,9-12H2,1-2H3,(H,37,38). The zero-order valence-corrected chi connectivity index (χ0v) is 24.2. The molecule has 1 atom stereocenters. The zero-order valence-electron chi connectivity index (χ0n) is 23.3. The van der Waals surface area contributed by atoms with Crippen LogP contribution < -0.4 is 9.62 Å². The number of nitrogens with one attached hydrogen (secondary N) is 2. The Hall–Kier alpha value is -4.40. The number of piperazine rings is 1. The van der Waals surface area contributed by atoms with E-state index in [-0.39, 0.29) is 34.7 Å². The molecule has 3 aromatic carbocycles. The molecule has 1 fully saturated rings. The molecule has 44 heavy (non-hydrogen) atoms. The normalized spacial score (nSPS) is 14.9. The lowest BCUT2D eigenvalue weighted by Gasteiger charge is -2.37. The number of alkyl halides is 3. The van der Waals surface area contributed by atoms with E-state index in [1.807, 2.05) is 4.90 Å². The molecular formula is C29H25F6N7OS. The second-order valence-electron chi connectivity index (χ2n) is 10.4. The van der Waals surface area contributed by atoms with E-state index in [0.29, 0.717) is 66.0 Å². The van der Waals surface area contributed by atoms with Crippen molar-refractivity contribution in [1.82, 2.24) is 24.4 Å². The second kappa shape index (κ2) is 11.3. The highest BCUT2D eigenvalue weighted by Gasteiger charge is 2.30. The number of carbonyl (C=O) groups is 1. The molecule has 2 N–H and O–H groups in total. The van der Waals surface area contributed by atoms with E-state index in [1.165, 1.54) is 0 Å². The molecule has 1 aliphatic heterocycles. The number of imidazole rings is 2. The van der Waals surface area contributed by atoms with Gasteiger partial charge in [-0.1, -0.05) is 12.1 Å². The number of hydrogen-bond acceptors (Lipinski definition) is 6. The van der Waals surface area contributed by atoms with Crippen molar-refractivity contribution in [3.63, 3.8) is 0 Å². The Labute approximate surface area is 251 Å². The first-order valence-corrected chi connectivity index (χ1v) is 14.4. The Kier molecular flexibility index (Phi) is 7.59. The smallest absolute Gasteiger partial charge is 0.366 e. The number of para-hydroxylation sites is 2. The molecule has 5 aromatic rings. The zero-order chi connectivity index (χ0) is 31.3. The highest BCUT2D eigenvalue weighted by molar-refractivity contribution is 8.01. The third-order valence-corrected chi connectivity index (χ3v) is 8.23. The van der Waals surface area contributed by atoms with Crippen LogP contribution in [-0.4, -0.2) is 62.0 Å². The lowest BCUT2D eigenvalue weighted by Crippen LogP contribution is -2.49. The number of carbonyl (C=O) groups excluding carboxylic acids is 1. The number of aryl methyl sites for hydroxylation is 1. The van der Waals surface area contributed by atoms with Crippen LogP contribution in [-0.2, 0) is 7.05 Å². The van der Waals surface area contributed by atoms with E-state index in [2.05, 4.69) is 19.7 Å². The van der Waals surface area contributed by atoms with Crippen LogP contribution in [0.5, 0.6) is 0 Å². The molecule has 0 saturated carbocycles. The molecule has 1 saturated heterocycles. The van der Waals surface area contributed by atoms with Gasteiger partial charge in [-0.15, -0.1) is 0 Å². The molecule has 1 unspecified atom stereocenters. The monoisotopic (exact) mass is 633 g/mol. The fraction of sp³-hybridized carbons (Fsp3) is 0.276. The van der Waals surface area contributed by atoms with Gasteiger partial charge in [0.25, 0.3) is 5.91 Å². The Bertz CT molecular complexity index is 1880. The maximum absolute atomic E-state index is 14.3. The van der Waals surface area contributed by atoms with E-state index < -0.39 is 28.9 Å². The van der Waals surface area contributed by atoms with Gasteiger partial charge in [0.15, 0.2) is 17.5 Å². The lowest BCUT2D eigenvalue weighted by atomic mass is 10.1. The van der Waals surface area contributed by atoms with Gasteiger partial charge in [0.2, 0.25) is 0 Å². The molecule has 15 heteroatoms. The third-order valence-electron chi connectivity index (χ3n) is 7.68. The summed E-state index contributed by atoms with van der Waals surface area (Å²) in [5.41, 5.74) is -2.47. The van der Waals surface area contributed by atoms with Crippen molar-refractivity contribution in [3.05, 3.63) is 83.2 Å². The molecule has 1 aliphatic rings. The summed E-state index contributed by atoms with van der Waals surface area (Å²) in [6.45, 7) is 3.33. The first-order chi connectivity index (χ1) is 20.9. The van der Waals surface area contributed by atoms with E-state index in [1.54, 1.807) is 65.9 Å². The number of aromatic amines is 1. The summed E-state index contributed by atoms with van der Waals surface area (Å²) in [6.07, 6.45) is 0. The van der Waals surface area contributed by atoms with E-state index in [0.717, 1.165) is 0 Å². The molecule has 230 valence electrons. The van der Waals surface area contributed by atoms with Crippen molar-refractivity contribution in [2.45, 2.75) is 18.3 Å². The Morgan fingerprint density at radius 3 is 2.45 bits per heavy atom. The van der Waals surface area contributed by atoms with Gasteiger partial charge < -0.3 is 24.1 Å². The molecule has 2 aromatic heterocycles. The summed E-state index contributed by atoms with van der Waals surface area (Å²) in [5, 5.41) is 0. The highest BCUT2D eigenvalue weighted by atomic mass is 32.2. The first kappa shape index (κ1) is 29.7. The number of aromatic nitrogens is 4. The maximum Gasteiger partial charge on any atom is 0.461 e. The predicted octanol–water partition coefficient (Wildman–Crippen LogP) is 6.56. The molecule has 8 nitrogen and oxygen atoms in total. The summed E-state index contributed by atoms with van der Waals surface area (Å²) >= 11 is -0.323. The van der Waals surface area contributed by atoms with Gasteiger partial charge in [0, 0.05) is 44.9 Å². The predicted molar refractivity (Wildman–Crippen MR) is 156 cm³/mol. The topological polar surface area (TPSA) is 82.1 Å². The van der Waals surface area contributed by atoms with Gasteiger partial charge in [-0.3, -0.25) is 4.79 Å². The van der Waals surface area contributed by atoms with Crippen LogP contribution >= 0.6 is 11.9 Å². The number of hydrogen-bond donors (Lipinski definition) is 2. The minimum Gasteiger partial charge on any atom is -0.366 e. The van der Waals surface area contributed by atoms with Crippen molar-refractivity contribution >= 4 is 51.3 Å². The molecule has 0 aliphatic carbocycles. The van der Waals surface area contributed by atoms with E-state index in [9.17, 15) is 31.1 Å². The molecule has 1 amide bonds. The number of fused-ring (bicyclic) bond motifs is 2. The summed E-state index contributed by atoms with van der Waals surface area (Å²) in [6, 6.07) is 12.3. The number of H-pyrrole nitrogens is 1. The van der Waals surface area contributed by atoms with Crippen LogP contribution in [0.3, 0.4) is 0 Å². The van der Waals surface area contributed by atoms with Gasteiger partial charge in [0.05, 0.1) is 40.3 Å². The fourth-order valence-corrected chi connectivity index (χ4v) is 5.82. The summed E-state index contributed by atoms with van der Waals surface area (Å²) in [5.74, 6) is -3.57. The van der Waals surface area contributed by atoms with Gasteiger partial charge in [-0.05, 0) is 37.3 Å².